The molecule has 0 bridgehead atoms. The van der Waals surface area contributed by atoms with Crippen molar-refractivity contribution in [3.05, 3.63) is 76.5 Å². The Balaban J connectivity index is 1.82. The Morgan fingerprint density at radius 2 is 1.96 bits per heavy atom. The van der Waals surface area contributed by atoms with Crippen molar-refractivity contribution < 1.29 is 14.3 Å². The van der Waals surface area contributed by atoms with Crippen molar-refractivity contribution in [2.24, 2.45) is 0 Å². The van der Waals surface area contributed by atoms with Gasteiger partial charge in [-0.05, 0) is 53.4 Å². The molecule has 0 aliphatic rings. The molecule has 4 nitrogen and oxygen atoms in total. The van der Waals surface area contributed by atoms with E-state index in [4.69, 9.17) is 9.47 Å². The number of fused-ring (bicyclic) bond motifs is 1. The monoisotopic (exact) mass is 377 g/mol. The summed E-state index contributed by atoms with van der Waals surface area (Å²) in [5.74, 6) is 0.515. The van der Waals surface area contributed by atoms with Gasteiger partial charge in [0.1, 0.15) is 5.75 Å². The van der Waals surface area contributed by atoms with Crippen LogP contribution in [0, 0.1) is 0 Å². The minimum Gasteiger partial charge on any atom is -0.497 e. The van der Waals surface area contributed by atoms with Gasteiger partial charge in [-0.2, -0.15) is 11.3 Å². The first-order chi connectivity index (χ1) is 13.2. The molecule has 5 heteroatoms. The van der Waals surface area contributed by atoms with Crippen molar-refractivity contribution in [3.8, 4) is 17.0 Å². The standard InChI is InChI=1S/C22H19NO3S/c1-25-19-6-7-20-18(11-19)12-21(17-8-9-27-14-17)23(20)13-15-4-3-5-16(10-15)22(24)26-2/h3-12,14H,13H2,1-2H3. The first-order valence-electron chi connectivity index (χ1n) is 8.56. The number of carbonyl (C=O) groups is 1. The van der Waals surface area contributed by atoms with E-state index in [2.05, 4.69) is 33.5 Å². The van der Waals surface area contributed by atoms with Crippen LogP contribution in [-0.4, -0.2) is 24.8 Å². The first kappa shape index (κ1) is 17.4. The molecule has 0 spiro atoms. The summed E-state index contributed by atoms with van der Waals surface area (Å²) in [6, 6.07) is 18.0. The maximum atomic E-state index is 11.9. The maximum absolute atomic E-state index is 11.9. The number of carbonyl (C=O) groups excluding carboxylic acids is 1. The summed E-state index contributed by atoms with van der Waals surface area (Å²) in [5, 5.41) is 5.35. The van der Waals surface area contributed by atoms with Gasteiger partial charge in [-0.3, -0.25) is 0 Å². The van der Waals surface area contributed by atoms with Gasteiger partial charge in [-0.15, -0.1) is 0 Å². The zero-order valence-electron chi connectivity index (χ0n) is 15.1. The second kappa shape index (κ2) is 7.29. The fourth-order valence-electron chi connectivity index (χ4n) is 3.29. The molecule has 0 radical (unpaired) electrons. The van der Waals surface area contributed by atoms with E-state index in [0.29, 0.717) is 12.1 Å². The van der Waals surface area contributed by atoms with Crippen LogP contribution < -0.4 is 4.74 Å². The molecule has 0 saturated carbocycles. The van der Waals surface area contributed by atoms with E-state index in [1.165, 1.54) is 12.7 Å². The Hall–Kier alpha value is -3.05. The van der Waals surface area contributed by atoms with Gasteiger partial charge in [-0.25, -0.2) is 4.79 Å². The van der Waals surface area contributed by atoms with Crippen LogP contribution in [0.2, 0.25) is 0 Å². The molecule has 0 saturated heterocycles. The van der Waals surface area contributed by atoms with Crippen LogP contribution in [0.1, 0.15) is 15.9 Å². The van der Waals surface area contributed by atoms with Crippen molar-refractivity contribution in [3.63, 3.8) is 0 Å². The SMILES string of the molecule is COC(=O)c1cccc(Cn2c(-c3ccsc3)cc3cc(OC)ccc32)c1. The topological polar surface area (TPSA) is 40.5 Å². The van der Waals surface area contributed by atoms with E-state index >= 15 is 0 Å². The molecule has 0 atom stereocenters. The normalized spacial score (nSPS) is 10.9. The van der Waals surface area contributed by atoms with Crippen molar-refractivity contribution in [1.82, 2.24) is 4.57 Å². The Labute approximate surface area is 161 Å². The summed E-state index contributed by atoms with van der Waals surface area (Å²) in [6.07, 6.45) is 0. The third-order valence-electron chi connectivity index (χ3n) is 4.61. The molecule has 0 aliphatic carbocycles. The summed E-state index contributed by atoms with van der Waals surface area (Å²) in [7, 11) is 3.08. The smallest absolute Gasteiger partial charge is 0.337 e. The zero-order chi connectivity index (χ0) is 18.8. The Kier molecular flexibility index (Phi) is 4.69. The van der Waals surface area contributed by atoms with Crippen LogP contribution in [0.3, 0.4) is 0 Å². The lowest BCUT2D eigenvalue weighted by molar-refractivity contribution is 0.0600. The van der Waals surface area contributed by atoms with Crippen molar-refractivity contribution in [2.75, 3.05) is 14.2 Å². The van der Waals surface area contributed by atoms with Crippen LogP contribution >= 0.6 is 11.3 Å². The molecule has 0 fully saturated rings. The fourth-order valence-corrected chi connectivity index (χ4v) is 3.94. The number of hydrogen-bond donors (Lipinski definition) is 0. The van der Waals surface area contributed by atoms with Crippen LogP contribution in [0.5, 0.6) is 5.75 Å². The highest BCUT2D eigenvalue weighted by atomic mass is 32.1. The van der Waals surface area contributed by atoms with E-state index in [0.717, 1.165) is 27.9 Å². The zero-order valence-corrected chi connectivity index (χ0v) is 16.0. The number of ether oxygens (including phenoxy) is 2. The molecular weight excluding hydrogens is 358 g/mol. The molecule has 136 valence electrons. The molecule has 27 heavy (non-hydrogen) atoms. The van der Waals surface area contributed by atoms with Gasteiger partial charge in [0.15, 0.2) is 0 Å². The fraction of sp³-hybridized carbons (Fsp3) is 0.136. The number of aromatic nitrogens is 1. The highest BCUT2D eigenvalue weighted by Gasteiger charge is 2.13. The highest BCUT2D eigenvalue weighted by molar-refractivity contribution is 7.08. The van der Waals surface area contributed by atoms with E-state index < -0.39 is 0 Å². The average molecular weight is 377 g/mol. The average Bonchev–Trinajstić information content (AvgIpc) is 3.35. The van der Waals surface area contributed by atoms with Gasteiger partial charge in [0, 0.05) is 28.4 Å². The van der Waals surface area contributed by atoms with Gasteiger partial charge in [0.2, 0.25) is 0 Å². The Morgan fingerprint density at radius 3 is 2.70 bits per heavy atom. The number of esters is 1. The first-order valence-corrected chi connectivity index (χ1v) is 9.51. The predicted molar refractivity (Wildman–Crippen MR) is 109 cm³/mol. The van der Waals surface area contributed by atoms with Crippen molar-refractivity contribution in [1.29, 1.82) is 0 Å². The lowest BCUT2D eigenvalue weighted by atomic mass is 10.1. The van der Waals surface area contributed by atoms with Gasteiger partial charge < -0.3 is 14.0 Å². The summed E-state index contributed by atoms with van der Waals surface area (Å²) < 4.78 is 12.5. The molecule has 4 aromatic rings. The van der Waals surface area contributed by atoms with Crippen LogP contribution in [0.15, 0.2) is 65.4 Å². The molecule has 0 unspecified atom stereocenters. The van der Waals surface area contributed by atoms with Crippen LogP contribution in [0.25, 0.3) is 22.2 Å². The highest BCUT2D eigenvalue weighted by Crippen LogP contribution is 2.32. The number of benzene rings is 2. The largest absolute Gasteiger partial charge is 0.497 e. The van der Waals surface area contributed by atoms with E-state index in [-0.39, 0.29) is 5.97 Å². The Bertz CT molecular complexity index is 1100. The number of rotatable bonds is 5. The predicted octanol–water partition coefficient (Wildman–Crippen LogP) is 5.21. The summed E-state index contributed by atoms with van der Waals surface area (Å²) in [6.45, 7) is 0.659. The van der Waals surface area contributed by atoms with Crippen molar-refractivity contribution in [2.45, 2.75) is 6.54 Å². The summed E-state index contributed by atoms with van der Waals surface area (Å²) in [5.41, 5.74) is 5.05. The molecule has 4 rings (SSSR count). The molecule has 2 heterocycles. The van der Waals surface area contributed by atoms with Gasteiger partial charge in [0.05, 0.1) is 25.5 Å². The van der Waals surface area contributed by atoms with E-state index in [9.17, 15) is 4.79 Å². The summed E-state index contributed by atoms with van der Waals surface area (Å²) in [4.78, 5) is 11.9. The van der Waals surface area contributed by atoms with Gasteiger partial charge in [-0.1, -0.05) is 12.1 Å². The minimum atomic E-state index is -0.322. The lowest BCUT2D eigenvalue weighted by Gasteiger charge is -2.11. The molecule has 2 aromatic carbocycles. The van der Waals surface area contributed by atoms with E-state index in [1.54, 1.807) is 24.5 Å². The molecular formula is C22H19NO3S. The minimum absolute atomic E-state index is 0.322. The van der Waals surface area contributed by atoms with E-state index in [1.807, 2.05) is 30.3 Å². The molecule has 0 aliphatic heterocycles. The molecule has 2 aromatic heterocycles. The van der Waals surface area contributed by atoms with Crippen LogP contribution in [-0.2, 0) is 11.3 Å². The van der Waals surface area contributed by atoms with Crippen molar-refractivity contribution >= 4 is 28.2 Å². The number of nitrogens with zero attached hydrogens (tertiary/aromatic N) is 1. The number of methoxy groups -OCH3 is 2. The lowest BCUT2D eigenvalue weighted by Crippen LogP contribution is -2.05. The van der Waals surface area contributed by atoms with Gasteiger partial charge in [0.25, 0.3) is 0 Å². The van der Waals surface area contributed by atoms with Crippen LogP contribution in [0.4, 0.5) is 0 Å². The van der Waals surface area contributed by atoms with Gasteiger partial charge >= 0.3 is 5.97 Å². The second-order valence-corrected chi connectivity index (χ2v) is 7.02. The number of hydrogen-bond acceptors (Lipinski definition) is 4. The molecule has 0 N–H and O–H groups in total. The third-order valence-corrected chi connectivity index (χ3v) is 5.30. The second-order valence-electron chi connectivity index (χ2n) is 6.24. The third kappa shape index (κ3) is 3.34. The number of thiophene rings is 1. The Morgan fingerprint density at radius 1 is 1.07 bits per heavy atom. The summed E-state index contributed by atoms with van der Waals surface area (Å²) >= 11 is 1.68. The molecule has 0 amide bonds. The maximum Gasteiger partial charge on any atom is 0.337 e. The quantitative estimate of drug-likeness (QED) is 0.448.